The number of benzene rings is 1. The number of halogens is 1. The van der Waals surface area contributed by atoms with Crippen LogP contribution in [0.5, 0.6) is 0 Å². The highest BCUT2D eigenvalue weighted by atomic mass is 19.1. The van der Waals surface area contributed by atoms with Gasteiger partial charge in [-0.05, 0) is 36.8 Å². The second-order valence-electron chi connectivity index (χ2n) is 4.19. The molecule has 0 spiro atoms. The molecule has 1 atom stereocenters. The predicted molar refractivity (Wildman–Crippen MR) is 70.9 cm³/mol. The van der Waals surface area contributed by atoms with Gasteiger partial charge in [0.1, 0.15) is 5.82 Å². The third kappa shape index (κ3) is 3.07. The minimum absolute atomic E-state index is 0.172. The van der Waals surface area contributed by atoms with Gasteiger partial charge in [0.2, 0.25) is 0 Å². The van der Waals surface area contributed by atoms with Crippen molar-refractivity contribution in [3.8, 4) is 0 Å². The smallest absolute Gasteiger partial charge is 0.272 e. The molecule has 0 aliphatic rings. The van der Waals surface area contributed by atoms with Gasteiger partial charge < -0.3 is 11.1 Å². The third-order valence-electron chi connectivity index (χ3n) is 2.75. The number of nitrogen functional groups attached to an aromatic ring is 1. The summed E-state index contributed by atoms with van der Waals surface area (Å²) in [4.78, 5) is 15.9. The molecule has 0 aliphatic carbocycles. The molecular weight excluding hydrogens is 245 g/mol. The molecule has 1 aromatic carbocycles. The Balaban J connectivity index is 2.13. The molecule has 0 aliphatic heterocycles. The Labute approximate surface area is 110 Å². The summed E-state index contributed by atoms with van der Waals surface area (Å²) in [6.45, 7) is 1.77. The van der Waals surface area contributed by atoms with E-state index in [1.165, 1.54) is 18.3 Å². The van der Waals surface area contributed by atoms with Gasteiger partial charge in [-0.25, -0.2) is 9.37 Å². The van der Waals surface area contributed by atoms with Gasteiger partial charge in [-0.3, -0.25) is 4.79 Å². The van der Waals surface area contributed by atoms with Crippen LogP contribution in [-0.4, -0.2) is 10.9 Å². The van der Waals surface area contributed by atoms with Crippen molar-refractivity contribution in [3.63, 3.8) is 0 Å². The normalized spacial score (nSPS) is 11.9. The number of carbonyl (C=O) groups is 1. The number of amides is 1. The lowest BCUT2D eigenvalue weighted by Crippen LogP contribution is -2.28. The predicted octanol–water partition coefficient (Wildman–Crippen LogP) is 2.29. The summed E-state index contributed by atoms with van der Waals surface area (Å²) in [5, 5.41) is 2.73. The monoisotopic (exact) mass is 259 g/mol. The number of carbonyl (C=O) groups excluding carboxylic acids is 1. The van der Waals surface area contributed by atoms with Crippen LogP contribution in [0.2, 0.25) is 0 Å². The largest absolute Gasteiger partial charge is 0.397 e. The first kappa shape index (κ1) is 13.0. The number of nitrogens with two attached hydrogens (primary N) is 1. The topological polar surface area (TPSA) is 68.0 Å². The summed E-state index contributed by atoms with van der Waals surface area (Å²) in [5.41, 5.74) is 6.84. The zero-order valence-corrected chi connectivity index (χ0v) is 10.4. The van der Waals surface area contributed by atoms with Crippen LogP contribution in [-0.2, 0) is 0 Å². The van der Waals surface area contributed by atoms with Crippen molar-refractivity contribution < 1.29 is 9.18 Å². The molecule has 1 amide bonds. The van der Waals surface area contributed by atoms with E-state index in [2.05, 4.69) is 10.3 Å². The van der Waals surface area contributed by atoms with Gasteiger partial charge in [0, 0.05) is 6.20 Å². The third-order valence-corrected chi connectivity index (χ3v) is 2.75. The molecule has 1 heterocycles. The molecule has 2 aromatic rings. The lowest BCUT2D eigenvalue weighted by atomic mass is 10.1. The summed E-state index contributed by atoms with van der Waals surface area (Å²) in [6.07, 6.45) is 1.50. The highest BCUT2D eigenvalue weighted by molar-refractivity contribution is 5.97. The Kier molecular flexibility index (Phi) is 3.75. The van der Waals surface area contributed by atoms with E-state index in [0.29, 0.717) is 11.3 Å². The number of nitrogens with zero attached hydrogens (tertiary/aromatic N) is 1. The zero-order valence-electron chi connectivity index (χ0n) is 10.4. The first-order chi connectivity index (χ1) is 9.08. The van der Waals surface area contributed by atoms with Crippen molar-refractivity contribution in [1.29, 1.82) is 0 Å². The Hall–Kier alpha value is -2.43. The summed E-state index contributed by atoms with van der Waals surface area (Å²) in [5.74, 6) is -0.717. The lowest BCUT2D eigenvalue weighted by Gasteiger charge is -2.14. The molecular formula is C14H14FN3O. The molecule has 0 radical (unpaired) electrons. The van der Waals surface area contributed by atoms with E-state index in [0.717, 1.165) is 0 Å². The van der Waals surface area contributed by atoms with Crippen LogP contribution in [0.4, 0.5) is 10.1 Å². The summed E-state index contributed by atoms with van der Waals surface area (Å²) >= 11 is 0. The maximum atomic E-state index is 13.1. The van der Waals surface area contributed by atoms with Crippen LogP contribution in [0.3, 0.4) is 0 Å². The molecule has 1 unspecified atom stereocenters. The van der Waals surface area contributed by atoms with Crippen molar-refractivity contribution in [1.82, 2.24) is 10.3 Å². The van der Waals surface area contributed by atoms with Crippen molar-refractivity contribution in [2.45, 2.75) is 13.0 Å². The fourth-order valence-corrected chi connectivity index (χ4v) is 1.73. The van der Waals surface area contributed by atoms with E-state index in [-0.39, 0.29) is 23.5 Å². The molecule has 0 bridgehead atoms. The lowest BCUT2D eigenvalue weighted by molar-refractivity contribution is 0.0936. The van der Waals surface area contributed by atoms with E-state index in [4.69, 9.17) is 5.73 Å². The van der Waals surface area contributed by atoms with E-state index in [1.54, 1.807) is 31.2 Å². The Morgan fingerprint density at radius 1 is 1.37 bits per heavy atom. The fourth-order valence-electron chi connectivity index (χ4n) is 1.73. The first-order valence-electron chi connectivity index (χ1n) is 5.84. The van der Waals surface area contributed by atoms with E-state index in [1.807, 2.05) is 0 Å². The number of pyridine rings is 1. The van der Waals surface area contributed by atoms with Gasteiger partial charge in [-0.1, -0.05) is 12.1 Å². The van der Waals surface area contributed by atoms with E-state index in [9.17, 15) is 9.18 Å². The first-order valence-corrected chi connectivity index (χ1v) is 5.84. The highest BCUT2D eigenvalue weighted by Gasteiger charge is 2.14. The standard InChI is InChI=1S/C14H14FN3O/c1-9(10-4-2-5-11(15)8-10)18-14(19)13-12(16)6-3-7-17-13/h2-9H,16H2,1H3,(H,18,19). The van der Waals surface area contributed by atoms with Crippen molar-refractivity contribution in [2.75, 3.05) is 5.73 Å². The maximum absolute atomic E-state index is 13.1. The van der Waals surface area contributed by atoms with Crippen molar-refractivity contribution >= 4 is 11.6 Å². The van der Waals surface area contributed by atoms with Gasteiger partial charge in [-0.15, -0.1) is 0 Å². The van der Waals surface area contributed by atoms with Crippen LogP contribution >= 0.6 is 0 Å². The molecule has 19 heavy (non-hydrogen) atoms. The Bertz CT molecular complexity index is 601. The van der Waals surface area contributed by atoms with Gasteiger partial charge in [-0.2, -0.15) is 0 Å². The SMILES string of the molecule is CC(NC(=O)c1ncccc1N)c1cccc(F)c1. The number of aromatic nitrogens is 1. The molecule has 0 saturated heterocycles. The van der Waals surface area contributed by atoms with Gasteiger partial charge in [0.25, 0.3) is 5.91 Å². The quantitative estimate of drug-likeness (QED) is 0.888. The Morgan fingerprint density at radius 2 is 2.16 bits per heavy atom. The van der Waals surface area contributed by atoms with Gasteiger partial charge >= 0.3 is 0 Å². The maximum Gasteiger partial charge on any atom is 0.272 e. The van der Waals surface area contributed by atoms with E-state index >= 15 is 0 Å². The van der Waals surface area contributed by atoms with Crippen LogP contribution in [0, 0.1) is 5.82 Å². The number of hydrogen-bond acceptors (Lipinski definition) is 3. The summed E-state index contributed by atoms with van der Waals surface area (Å²) in [7, 11) is 0. The van der Waals surface area contributed by atoms with Crippen LogP contribution in [0.25, 0.3) is 0 Å². The number of nitrogens with one attached hydrogen (secondary N) is 1. The molecule has 0 saturated carbocycles. The summed E-state index contributed by atoms with van der Waals surface area (Å²) < 4.78 is 13.1. The van der Waals surface area contributed by atoms with Gasteiger partial charge in [0.15, 0.2) is 5.69 Å². The van der Waals surface area contributed by atoms with Crippen molar-refractivity contribution in [3.05, 3.63) is 59.7 Å². The van der Waals surface area contributed by atoms with Crippen LogP contribution in [0.15, 0.2) is 42.6 Å². The Morgan fingerprint density at radius 3 is 2.84 bits per heavy atom. The highest BCUT2D eigenvalue weighted by Crippen LogP contribution is 2.15. The molecule has 1 aromatic heterocycles. The molecule has 2 rings (SSSR count). The summed E-state index contributed by atoms with van der Waals surface area (Å²) in [6, 6.07) is 9.01. The second kappa shape index (κ2) is 5.48. The second-order valence-corrected chi connectivity index (χ2v) is 4.19. The molecule has 5 heteroatoms. The molecule has 98 valence electrons. The molecule has 0 fully saturated rings. The average molecular weight is 259 g/mol. The number of hydrogen-bond donors (Lipinski definition) is 2. The number of rotatable bonds is 3. The van der Waals surface area contributed by atoms with Crippen molar-refractivity contribution in [2.24, 2.45) is 0 Å². The minimum atomic E-state index is -0.380. The van der Waals surface area contributed by atoms with E-state index < -0.39 is 0 Å². The average Bonchev–Trinajstić information content (AvgIpc) is 2.39. The van der Waals surface area contributed by atoms with Gasteiger partial charge in [0.05, 0.1) is 11.7 Å². The van der Waals surface area contributed by atoms with Crippen LogP contribution in [0.1, 0.15) is 29.0 Å². The zero-order chi connectivity index (χ0) is 13.8. The molecule has 3 N–H and O–H groups in total. The minimum Gasteiger partial charge on any atom is -0.397 e. The molecule has 4 nitrogen and oxygen atoms in total. The fraction of sp³-hybridized carbons (Fsp3) is 0.143. The number of anilines is 1. The van der Waals surface area contributed by atoms with Crippen LogP contribution < -0.4 is 11.1 Å².